The second-order valence-corrected chi connectivity index (χ2v) is 4.26. The third-order valence-corrected chi connectivity index (χ3v) is 2.93. The molecular weight excluding hydrogens is 294 g/mol. The zero-order valence-corrected chi connectivity index (χ0v) is 9.83. The van der Waals surface area contributed by atoms with Crippen LogP contribution in [0.1, 0.15) is 0 Å². The van der Waals surface area contributed by atoms with E-state index in [2.05, 4.69) is 9.05 Å². The first kappa shape index (κ1) is 16.5. The van der Waals surface area contributed by atoms with Gasteiger partial charge in [-0.1, -0.05) is 23.2 Å². The molecule has 2 atom stereocenters. The van der Waals surface area contributed by atoms with Gasteiger partial charge in [-0.2, -0.15) is 0 Å². The molecule has 0 bridgehead atoms. The van der Waals surface area contributed by atoms with Crippen molar-refractivity contribution < 1.29 is 44.3 Å². The highest BCUT2D eigenvalue weighted by atomic mass is 35.5. The van der Waals surface area contributed by atoms with Gasteiger partial charge in [-0.05, 0) is 0 Å². The number of alkyl halides is 2. The maximum atomic E-state index is 10.9. The van der Waals surface area contributed by atoms with E-state index in [4.69, 9.17) is 53.8 Å². The van der Waals surface area contributed by atoms with E-state index in [0.717, 1.165) is 0 Å². The highest BCUT2D eigenvalue weighted by Crippen LogP contribution is 2.34. The maximum Gasteiger partial charge on any atom is 0.322 e. The predicted molar refractivity (Wildman–Crippen MR) is 49.2 cm³/mol. The molecular formula is C4H9Cl2O9P. The summed E-state index contributed by atoms with van der Waals surface area (Å²) in [4.78, 5) is 0. The second kappa shape index (κ2) is 5.89. The van der Waals surface area contributed by atoms with E-state index >= 15 is 0 Å². The van der Waals surface area contributed by atoms with Gasteiger partial charge in [-0.15, -0.1) is 0 Å². The summed E-state index contributed by atoms with van der Waals surface area (Å²) in [5, 5.41) is 50.5. The van der Waals surface area contributed by atoms with Gasteiger partial charge < -0.3 is 30.6 Å². The fourth-order valence-electron chi connectivity index (χ4n) is 0.355. The highest BCUT2D eigenvalue weighted by Gasteiger charge is 2.37. The minimum atomic E-state index is -3.63. The van der Waals surface area contributed by atoms with E-state index < -0.39 is 31.3 Å². The van der Waals surface area contributed by atoms with E-state index in [1.54, 1.807) is 0 Å². The molecule has 98 valence electrons. The van der Waals surface area contributed by atoms with Gasteiger partial charge in [-0.3, -0.25) is 13.6 Å². The Morgan fingerprint density at radius 1 is 0.875 bits per heavy atom. The first-order chi connectivity index (χ1) is 6.94. The van der Waals surface area contributed by atoms with E-state index in [0.29, 0.717) is 0 Å². The lowest BCUT2D eigenvalue weighted by molar-refractivity contribution is -0.338. The van der Waals surface area contributed by atoms with Gasteiger partial charge in [0.25, 0.3) is 0 Å². The molecule has 0 aromatic carbocycles. The van der Waals surface area contributed by atoms with E-state index in [1.807, 2.05) is 0 Å². The Kier molecular flexibility index (Phi) is 6.07. The summed E-state index contributed by atoms with van der Waals surface area (Å²) in [7, 11) is -3.63. The number of hydrogen-bond acceptors (Lipinski definition) is 9. The normalized spacial score (nSPS) is 19.2. The summed E-state index contributed by atoms with van der Waals surface area (Å²) in [5.41, 5.74) is -4.48. The van der Waals surface area contributed by atoms with Gasteiger partial charge in [0.05, 0.1) is 0 Å². The average Bonchev–Trinajstić information content (AvgIpc) is 1.99. The molecule has 0 saturated carbocycles. The van der Waals surface area contributed by atoms with E-state index in [1.165, 1.54) is 0 Å². The fraction of sp³-hybridized carbons (Fsp3) is 1.00. The van der Waals surface area contributed by atoms with Crippen molar-refractivity contribution >= 4 is 31.5 Å². The Morgan fingerprint density at radius 2 is 1.12 bits per heavy atom. The molecule has 16 heavy (non-hydrogen) atoms. The minimum absolute atomic E-state index is 2.24. The van der Waals surface area contributed by atoms with Crippen LogP contribution in [0.3, 0.4) is 0 Å². The standard InChI is InChI=1S/C4H9Cl2O9P/c5-1(3(7,8)9)14-16(13)15-2(6)4(10,11)12/h1-2,7-12,16H. The molecule has 0 radical (unpaired) electrons. The number of hydrogen-bond donors (Lipinski definition) is 6. The first-order valence-corrected chi connectivity index (χ1v) is 5.54. The molecule has 0 aliphatic carbocycles. The summed E-state index contributed by atoms with van der Waals surface area (Å²) in [6, 6.07) is 0. The summed E-state index contributed by atoms with van der Waals surface area (Å²) in [5.74, 6) is -6.97. The molecule has 0 fully saturated rings. The van der Waals surface area contributed by atoms with Crippen molar-refractivity contribution in [1.82, 2.24) is 0 Å². The minimum Gasteiger partial charge on any atom is -0.341 e. The van der Waals surface area contributed by atoms with Crippen molar-refractivity contribution in [2.45, 2.75) is 23.1 Å². The third kappa shape index (κ3) is 6.28. The molecule has 0 rings (SSSR count). The zero-order valence-electron chi connectivity index (χ0n) is 7.32. The van der Waals surface area contributed by atoms with Crippen molar-refractivity contribution in [3.05, 3.63) is 0 Å². The number of halogens is 2. The smallest absolute Gasteiger partial charge is 0.322 e. The molecule has 12 heteroatoms. The molecule has 9 nitrogen and oxygen atoms in total. The predicted octanol–water partition coefficient (Wildman–Crippen LogP) is -2.20. The molecule has 2 unspecified atom stereocenters. The van der Waals surface area contributed by atoms with Gasteiger partial charge in [0, 0.05) is 0 Å². The van der Waals surface area contributed by atoms with Crippen LogP contribution < -0.4 is 0 Å². The number of rotatable bonds is 6. The Balaban J connectivity index is 4.21. The van der Waals surface area contributed by atoms with Crippen molar-refractivity contribution in [3.8, 4) is 0 Å². The van der Waals surface area contributed by atoms with Gasteiger partial charge in [0.1, 0.15) is 0 Å². The Morgan fingerprint density at radius 3 is 1.31 bits per heavy atom. The molecule has 0 spiro atoms. The van der Waals surface area contributed by atoms with Gasteiger partial charge in [-0.25, -0.2) is 0 Å². The molecule has 0 aromatic heterocycles. The Labute approximate surface area is 99.3 Å². The highest BCUT2D eigenvalue weighted by molar-refractivity contribution is 7.33. The van der Waals surface area contributed by atoms with E-state index in [9.17, 15) is 4.57 Å². The monoisotopic (exact) mass is 302 g/mol. The number of aliphatic hydroxyl groups is 6. The van der Waals surface area contributed by atoms with Crippen molar-refractivity contribution in [3.63, 3.8) is 0 Å². The van der Waals surface area contributed by atoms with Crippen LogP contribution in [-0.4, -0.2) is 53.7 Å². The van der Waals surface area contributed by atoms with Crippen LogP contribution in [-0.2, 0) is 13.6 Å². The van der Waals surface area contributed by atoms with Crippen LogP contribution in [0.15, 0.2) is 0 Å². The molecule has 0 aliphatic rings. The maximum absolute atomic E-state index is 10.9. The lowest BCUT2D eigenvalue weighted by atomic mass is 10.6. The fourth-order valence-corrected chi connectivity index (χ4v) is 1.50. The average molecular weight is 303 g/mol. The van der Waals surface area contributed by atoms with Crippen LogP contribution in [0.5, 0.6) is 0 Å². The zero-order chi connectivity index (χ0) is 13.1. The molecule has 0 heterocycles. The largest absolute Gasteiger partial charge is 0.341 e. The summed E-state index contributed by atoms with van der Waals surface area (Å²) < 4.78 is 18.9. The van der Waals surface area contributed by atoms with Gasteiger partial charge >= 0.3 is 20.2 Å². The quantitative estimate of drug-likeness (QED) is 0.182. The molecule has 0 aliphatic heterocycles. The van der Waals surface area contributed by atoms with Crippen LogP contribution in [0.4, 0.5) is 0 Å². The molecule has 0 amide bonds. The SMILES string of the molecule is O=[PH](OC(Cl)C(O)(O)O)OC(Cl)C(O)(O)O. The van der Waals surface area contributed by atoms with Gasteiger partial charge in [0.2, 0.25) is 11.1 Å². The first-order valence-electron chi connectivity index (χ1n) is 3.44. The Hall–Kier alpha value is 0.490. The topological polar surface area (TPSA) is 157 Å². The summed E-state index contributed by atoms with van der Waals surface area (Å²) in [6.45, 7) is 0. The van der Waals surface area contributed by atoms with Crippen LogP contribution in [0.2, 0.25) is 0 Å². The van der Waals surface area contributed by atoms with Crippen LogP contribution in [0, 0.1) is 0 Å². The van der Waals surface area contributed by atoms with Crippen molar-refractivity contribution in [1.29, 1.82) is 0 Å². The molecule has 0 saturated heterocycles. The molecule has 6 N–H and O–H groups in total. The lowest BCUT2D eigenvalue weighted by Gasteiger charge is -2.23. The van der Waals surface area contributed by atoms with Crippen LogP contribution >= 0.6 is 31.5 Å². The van der Waals surface area contributed by atoms with Crippen molar-refractivity contribution in [2.24, 2.45) is 0 Å². The second-order valence-electron chi connectivity index (χ2n) is 2.49. The van der Waals surface area contributed by atoms with Crippen LogP contribution in [0.25, 0.3) is 0 Å². The van der Waals surface area contributed by atoms with E-state index in [-0.39, 0.29) is 0 Å². The molecule has 0 aromatic rings. The Bertz CT molecular complexity index is 223. The summed E-state index contributed by atoms with van der Waals surface area (Å²) in [6.07, 6.45) is 0. The lowest BCUT2D eigenvalue weighted by Crippen LogP contribution is -2.40. The van der Waals surface area contributed by atoms with Crippen molar-refractivity contribution in [2.75, 3.05) is 0 Å². The van der Waals surface area contributed by atoms with Gasteiger partial charge in [0.15, 0.2) is 0 Å². The third-order valence-electron chi connectivity index (χ3n) is 1.01. The summed E-state index contributed by atoms with van der Waals surface area (Å²) >= 11 is 9.98.